The Hall–Kier alpha value is -1.62. The molecule has 0 aliphatic rings. The first-order chi connectivity index (χ1) is 7.24. The van der Waals surface area contributed by atoms with Crippen LogP contribution in [0.1, 0.15) is 5.69 Å². The number of nitrogens with zero attached hydrogens (tertiary/aromatic N) is 4. The molecule has 2 heterocycles. The normalized spacial score (nSPS) is 10.3. The molecule has 0 spiro atoms. The lowest BCUT2D eigenvalue weighted by Crippen LogP contribution is -2.01. The Balaban J connectivity index is 1.99. The van der Waals surface area contributed by atoms with Crippen LogP contribution in [0.5, 0.6) is 0 Å². The summed E-state index contributed by atoms with van der Waals surface area (Å²) in [6.07, 6.45) is 1.84. The van der Waals surface area contributed by atoms with Crippen LogP contribution in [0.15, 0.2) is 24.4 Å². The lowest BCUT2D eigenvalue weighted by molar-refractivity contribution is 0.713. The second-order valence-electron chi connectivity index (χ2n) is 3.08. The Bertz CT molecular complexity index is 453. The van der Waals surface area contributed by atoms with Crippen LogP contribution >= 0.6 is 11.6 Å². The van der Waals surface area contributed by atoms with Gasteiger partial charge in [0.25, 0.3) is 0 Å². The molecule has 0 fully saturated rings. The molecule has 0 saturated carbocycles. The highest BCUT2D eigenvalue weighted by molar-refractivity contribution is 6.29. The molecule has 6 heteroatoms. The van der Waals surface area contributed by atoms with E-state index in [1.807, 2.05) is 25.4 Å². The maximum absolute atomic E-state index is 5.75. The van der Waals surface area contributed by atoms with Gasteiger partial charge in [0, 0.05) is 13.2 Å². The van der Waals surface area contributed by atoms with Crippen molar-refractivity contribution in [1.82, 2.24) is 20.0 Å². The summed E-state index contributed by atoms with van der Waals surface area (Å²) in [5.41, 5.74) is 0.860. The van der Waals surface area contributed by atoms with E-state index in [0.29, 0.717) is 11.7 Å². The van der Waals surface area contributed by atoms with Crippen LogP contribution in [0.3, 0.4) is 0 Å². The number of aromatic nitrogens is 4. The maximum Gasteiger partial charge on any atom is 0.131 e. The van der Waals surface area contributed by atoms with Crippen LogP contribution in [0.25, 0.3) is 0 Å². The summed E-state index contributed by atoms with van der Waals surface area (Å²) in [7, 11) is 1.83. The predicted octanol–water partition coefficient (Wildman–Crippen LogP) is 1.48. The summed E-state index contributed by atoms with van der Waals surface area (Å²) in [6, 6.07) is 5.42. The van der Waals surface area contributed by atoms with Crippen molar-refractivity contribution in [1.29, 1.82) is 0 Å². The standard InChI is InChI=1S/C9H10ClN5/c1-15-6-7(13-14-15)5-11-9-4-2-3-8(10)12-9/h2-4,6H,5H2,1H3,(H,11,12). The Morgan fingerprint density at radius 3 is 3.00 bits per heavy atom. The first-order valence-corrected chi connectivity index (χ1v) is 4.83. The van der Waals surface area contributed by atoms with Crippen molar-refractivity contribution in [3.8, 4) is 0 Å². The van der Waals surface area contributed by atoms with Gasteiger partial charge in [-0.3, -0.25) is 4.68 Å². The van der Waals surface area contributed by atoms with E-state index >= 15 is 0 Å². The van der Waals surface area contributed by atoms with Crippen molar-refractivity contribution in [3.05, 3.63) is 35.2 Å². The van der Waals surface area contributed by atoms with Crippen molar-refractivity contribution >= 4 is 17.4 Å². The van der Waals surface area contributed by atoms with E-state index in [4.69, 9.17) is 11.6 Å². The van der Waals surface area contributed by atoms with Crippen molar-refractivity contribution in [2.45, 2.75) is 6.54 Å². The number of pyridine rings is 1. The first kappa shape index (κ1) is 9.92. The minimum Gasteiger partial charge on any atom is -0.364 e. The SMILES string of the molecule is Cn1cc(CNc2cccc(Cl)n2)nn1. The average Bonchev–Trinajstić information content (AvgIpc) is 2.62. The number of halogens is 1. The van der Waals surface area contributed by atoms with E-state index in [-0.39, 0.29) is 0 Å². The van der Waals surface area contributed by atoms with Gasteiger partial charge in [-0.25, -0.2) is 4.98 Å². The lowest BCUT2D eigenvalue weighted by Gasteiger charge is -2.02. The number of aryl methyl sites for hydroxylation is 1. The zero-order valence-corrected chi connectivity index (χ0v) is 8.94. The van der Waals surface area contributed by atoms with Crippen LogP contribution in [-0.4, -0.2) is 20.0 Å². The quantitative estimate of drug-likeness (QED) is 0.801. The molecular weight excluding hydrogens is 214 g/mol. The number of anilines is 1. The summed E-state index contributed by atoms with van der Waals surface area (Å²) >= 11 is 5.75. The molecule has 0 aliphatic carbocycles. The van der Waals surface area contributed by atoms with Gasteiger partial charge in [0.2, 0.25) is 0 Å². The van der Waals surface area contributed by atoms with Gasteiger partial charge in [-0.15, -0.1) is 5.10 Å². The lowest BCUT2D eigenvalue weighted by atomic mass is 10.4. The minimum absolute atomic E-state index is 0.471. The summed E-state index contributed by atoms with van der Waals surface area (Å²) in [4.78, 5) is 4.09. The molecule has 0 radical (unpaired) electrons. The van der Waals surface area contributed by atoms with Crippen LogP contribution in [0, 0.1) is 0 Å². The highest BCUT2D eigenvalue weighted by Gasteiger charge is 1.99. The van der Waals surface area contributed by atoms with Gasteiger partial charge in [0.1, 0.15) is 16.7 Å². The number of nitrogens with one attached hydrogen (secondary N) is 1. The fourth-order valence-corrected chi connectivity index (χ4v) is 1.33. The smallest absolute Gasteiger partial charge is 0.131 e. The van der Waals surface area contributed by atoms with E-state index in [0.717, 1.165) is 11.5 Å². The number of hydrogen-bond acceptors (Lipinski definition) is 4. The van der Waals surface area contributed by atoms with Crippen molar-refractivity contribution in [2.24, 2.45) is 7.05 Å². The molecule has 2 aromatic heterocycles. The molecule has 2 rings (SSSR count). The van der Waals surface area contributed by atoms with Gasteiger partial charge in [0.05, 0.1) is 6.54 Å². The van der Waals surface area contributed by atoms with Gasteiger partial charge >= 0.3 is 0 Å². The van der Waals surface area contributed by atoms with Gasteiger partial charge in [-0.1, -0.05) is 22.9 Å². The topological polar surface area (TPSA) is 55.6 Å². The number of rotatable bonds is 3. The molecular formula is C9H10ClN5. The highest BCUT2D eigenvalue weighted by atomic mass is 35.5. The van der Waals surface area contributed by atoms with E-state index in [2.05, 4.69) is 20.6 Å². The van der Waals surface area contributed by atoms with Crippen molar-refractivity contribution in [2.75, 3.05) is 5.32 Å². The minimum atomic E-state index is 0.471. The molecule has 0 aromatic carbocycles. The van der Waals surface area contributed by atoms with Gasteiger partial charge in [-0.05, 0) is 12.1 Å². The third kappa shape index (κ3) is 2.66. The van der Waals surface area contributed by atoms with Crippen LogP contribution in [-0.2, 0) is 13.6 Å². The summed E-state index contributed by atoms with van der Waals surface area (Å²) in [5, 5.41) is 11.3. The molecule has 1 N–H and O–H groups in total. The molecule has 0 unspecified atom stereocenters. The van der Waals surface area contributed by atoms with Crippen LogP contribution in [0.2, 0.25) is 5.15 Å². The largest absolute Gasteiger partial charge is 0.364 e. The zero-order chi connectivity index (χ0) is 10.7. The van der Waals surface area contributed by atoms with Crippen molar-refractivity contribution < 1.29 is 0 Å². The fraction of sp³-hybridized carbons (Fsp3) is 0.222. The van der Waals surface area contributed by atoms with Crippen molar-refractivity contribution in [3.63, 3.8) is 0 Å². The maximum atomic E-state index is 5.75. The molecule has 0 bridgehead atoms. The zero-order valence-electron chi connectivity index (χ0n) is 8.18. The Morgan fingerprint density at radius 1 is 1.47 bits per heavy atom. The van der Waals surface area contributed by atoms with Gasteiger partial charge in [-0.2, -0.15) is 0 Å². The Labute approximate surface area is 92.1 Å². The first-order valence-electron chi connectivity index (χ1n) is 4.46. The molecule has 2 aromatic rings. The monoisotopic (exact) mass is 223 g/mol. The average molecular weight is 224 g/mol. The Kier molecular flexibility index (Phi) is 2.82. The molecule has 15 heavy (non-hydrogen) atoms. The van der Waals surface area contributed by atoms with Crippen LogP contribution < -0.4 is 5.32 Å². The fourth-order valence-electron chi connectivity index (χ4n) is 1.16. The van der Waals surface area contributed by atoms with Crippen LogP contribution in [0.4, 0.5) is 5.82 Å². The third-order valence-electron chi connectivity index (χ3n) is 1.82. The van der Waals surface area contributed by atoms with Gasteiger partial charge in [0.15, 0.2) is 0 Å². The summed E-state index contributed by atoms with van der Waals surface area (Å²) in [6.45, 7) is 0.585. The van der Waals surface area contributed by atoms with E-state index < -0.39 is 0 Å². The van der Waals surface area contributed by atoms with E-state index in [9.17, 15) is 0 Å². The Morgan fingerprint density at radius 2 is 2.33 bits per heavy atom. The second-order valence-corrected chi connectivity index (χ2v) is 3.47. The molecule has 0 aliphatic heterocycles. The molecule has 0 amide bonds. The molecule has 0 saturated heterocycles. The summed E-state index contributed by atoms with van der Waals surface area (Å²) < 4.78 is 1.66. The molecule has 0 atom stereocenters. The second kappa shape index (κ2) is 4.27. The summed E-state index contributed by atoms with van der Waals surface area (Å²) in [5.74, 6) is 0.730. The van der Waals surface area contributed by atoms with Gasteiger partial charge < -0.3 is 5.32 Å². The number of hydrogen-bond donors (Lipinski definition) is 1. The van der Waals surface area contributed by atoms with E-state index in [1.165, 1.54) is 0 Å². The molecule has 5 nitrogen and oxygen atoms in total. The third-order valence-corrected chi connectivity index (χ3v) is 2.03. The predicted molar refractivity (Wildman–Crippen MR) is 57.6 cm³/mol. The van der Waals surface area contributed by atoms with E-state index in [1.54, 1.807) is 10.7 Å². The molecule has 78 valence electrons. The highest BCUT2D eigenvalue weighted by Crippen LogP contribution is 2.09.